The van der Waals surface area contributed by atoms with Crippen LogP contribution in [-0.2, 0) is 16.0 Å². The molecule has 0 bridgehead atoms. The van der Waals surface area contributed by atoms with Crippen molar-refractivity contribution in [1.29, 1.82) is 0 Å². The summed E-state index contributed by atoms with van der Waals surface area (Å²) in [6.45, 7) is -0.166. The molecule has 1 heterocycles. The van der Waals surface area contributed by atoms with E-state index in [-0.39, 0.29) is 18.4 Å². The number of thiophene rings is 1. The summed E-state index contributed by atoms with van der Waals surface area (Å²) in [5.74, 6) is 0.615. The second-order valence-corrected chi connectivity index (χ2v) is 8.12. The molecule has 0 aliphatic rings. The fraction of sp³-hybridized carbons (Fsp3) is 0.182. The number of methoxy groups -OCH3 is 1. The van der Waals surface area contributed by atoms with Gasteiger partial charge in [0.1, 0.15) is 0 Å². The molecule has 0 fully saturated rings. The maximum Gasteiger partial charge on any atom is 0.262 e. The van der Waals surface area contributed by atoms with Crippen LogP contribution in [0.15, 0.2) is 60.7 Å². The maximum absolute atomic E-state index is 12.2. The van der Waals surface area contributed by atoms with E-state index in [0.29, 0.717) is 40.1 Å². The largest absolute Gasteiger partial charge is 0.493 e. The number of carbonyl (C=O) groups is 2. The zero-order valence-corrected chi connectivity index (χ0v) is 17.9. The van der Waals surface area contributed by atoms with Crippen molar-refractivity contribution in [3.05, 3.63) is 69.9 Å². The van der Waals surface area contributed by atoms with E-state index in [9.17, 15) is 9.59 Å². The van der Waals surface area contributed by atoms with Crippen LogP contribution in [0.5, 0.6) is 11.5 Å². The second kappa shape index (κ2) is 10.7. The number of halogens is 1. The fourth-order valence-electron chi connectivity index (χ4n) is 2.70. The van der Waals surface area contributed by atoms with Crippen LogP contribution in [-0.4, -0.2) is 25.5 Å². The van der Waals surface area contributed by atoms with Gasteiger partial charge in [0, 0.05) is 22.7 Å². The lowest BCUT2D eigenvalue weighted by Gasteiger charge is -2.11. The third kappa shape index (κ3) is 6.50. The zero-order chi connectivity index (χ0) is 21.3. The van der Waals surface area contributed by atoms with Crippen molar-refractivity contribution in [2.75, 3.05) is 24.4 Å². The Kier molecular flexibility index (Phi) is 7.70. The highest BCUT2D eigenvalue weighted by Crippen LogP contribution is 2.26. The highest BCUT2D eigenvalue weighted by molar-refractivity contribution is 7.16. The van der Waals surface area contributed by atoms with Gasteiger partial charge in [0.25, 0.3) is 5.91 Å². The molecule has 2 aromatic carbocycles. The lowest BCUT2D eigenvalue weighted by atomic mass is 10.2. The van der Waals surface area contributed by atoms with E-state index in [4.69, 9.17) is 21.1 Å². The topological polar surface area (TPSA) is 76.7 Å². The van der Waals surface area contributed by atoms with Crippen molar-refractivity contribution in [2.24, 2.45) is 0 Å². The smallest absolute Gasteiger partial charge is 0.262 e. The molecule has 1 aromatic heterocycles. The average Bonchev–Trinajstić information content (AvgIpc) is 3.16. The van der Waals surface area contributed by atoms with E-state index >= 15 is 0 Å². The number of benzene rings is 2. The number of ether oxygens (including phenoxy) is 2. The second-order valence-electron chi connectivity index (χ2n) is 6.32. The number of carbonyl (C=O) groups excluding carboxylic acids is 2. The number of hydrogen-bond acceptors (Lipinski definition) is 5. The molecule has 0 unspecified atom stereocenters. The summed E-state index contributed by atoms with van der Waals surface area (Å²) in [4.78, 5) is 25.5. The average molecular weight is 445 g/mol. The van der Waals surface area contributed by atoms with Crippen molar-refractivity contribution in [1.82, 2.24) is 0 Å². The summed E-state index contributed by atoms with van der Waals surface area (Å²) in [5.41, 5.74) is 1.17. The van der Waals surface area contributed by atoms with Gasteiger partial charge >= 0.3 is 0 Å². The number of rotatable bonds is 9. The van der Waals surface area contributed by atoms with E-state index in [1.165, 1.54) is 18.4 Å². The molecule has 156 valence electrons. The first-order chi connectivity index (χ1) is 14.5. The Hall–Kier alpha value is -3.03. The van der Waals surface area contributed by atoms with Gasteiger partial charge in [-0.15, -0.1) is 11.3 Å². The van der Waals surface area contributed by atoms with E-state index in [2.05, 4.69) is 10.6 Å². The Morgan fingerprint density at radius 1 is 0.933 bits per heavy atom. The normalized spacial score (nSPS) is 10.3. The highest BCUT2D eigenvalue weighted by Gasteiger charge is 2.09. The molecule has 0 aliphatic carbocycles. The van der Waals surface area contributed by atoms with Crippen LogP contribution in [0.4, 0.5) is 11.4 Å². The van der Waals surface area contributed by atoms with Gasteiger partial charge in [-0.1, -0.05) is 29.8 Å². The SMILES string of the molecule is COc1ccccc1OCC(=O)Nc1cccc(NC(=O)CCc2ccc(Cl)s2)c1. The third-order valence-corrected chi connectivity index (χ3v) is 5.38. The molecule has 8 heteroatoms. The number of para-hydroxylation sites is 2. The highest BCUT2D eigenvalue weighted by atomic mass is 35.5. The van der Waals surface area contributed by atoms with E-state index < -0.39 is 0 Å². The van der Waals surface area contributed by atoms with Gasteiger partial charge in [-0.25, -0.2) is 0 Å². The van der Waals surface area contributed by atoms with Crippen LogP contribution in [0.1, 0.15) is 11.3 Å². The molecule has 3 rings (SSSR count). The lowest BCUT2D eigenvalue weighted by Crippen LogP contribution is -2.20. The molecule has 2 N–H and O–H groups in total. The number of nitrogens with one attached hydrogen (secondary N) is 2. The molecule has 2 amide bonds. The minimum absolute atomic E-state index is 0.109. The van der Waals surface area contributed by atoms with Crippen LogP contribution in [0.3, 0.4) is 0 Å². The Morgan fingerprint density at radius 2 is 1.63 bits per heavy atom. The predicted molar refractivity (Wildman–Crippen MR) is 120 cm³/mol. The minimum atomic E-state index is -0.320. The Morgan fingerprint density at radius 3 is 2.30 bits per heavy atom. The van der Waals surface area contributed by atoms with Crippen molar-refractivity contribution in [3.8, 4) is 11.5 Å². The van der Waals surface area contributed by atoms with Crippen molar-refractivity contribution >= 4 is 46.1 Å². The number of anilines is 2. The third-order valence-electron chi connectivity index (χ3n) is 4.09. The van der Waals surface area contributed by atoms with Gasteiger partial charge in [0.15, 0.2) is 18.1 Å². The van der Waals surface area contributed by atoms with Gasteiger partial charge in [0.2, 0.25) is 5.91 Å². The summed E-state index contributed by atoms with van der Waals surface area (Å²) in [6, 6.07) is 17.8. The Balaban J connectivity index is 1.49. The monoisotopic (exact) mass is 444 g/mol. The van der Waals surface area contributed by atoms with Crippen LogP contribution < -0.4 is 20.1 Å². The summed E-state index contributed by atoms with van der Waals surface area (Å²) in [6.07, 6.45) is 0.972. The zero-order valence-electron chi connectivity index (χ0n) is 16.3. The van der Waals surface area contributed by atoms with E-state index in [1.807, 2.05) is 18.2 Å². The molecule has 30 heavy (non-hydrogen) atoms. The van der Waals surface area contributed by atoms with Gasteiger partial charge < -0.3 is 20.1 Å². The van der Waals surface area contributed by atoms with Gasteiger partial charge in [0.05, 0.1) is 11.4 Å². The standard InChI is InChI=1S/C22H21ClN2O4S/c1-28-18-7-2-3-8-19(18)29-14-22(27)25-16-6-4-5-15(13-16)24-21(26)12-10-17-9-11-20(23)30-17/h2-9,11,13H,10,12,14H2,1H3,(H,24,26)(H,25,27). The van der Waals surface area contributed by atoms with Crippen molar-refractivity contribution in [3.63, 3.8) is 0 Å². The molecule has 3 aromatic rings. The first-order valence-corrected chi connectivity index (χ1v) is 10.4. The van der Waals surface area contributed by atoms with Gasteiger partial charge in [-0.05, 0) is 48.9 Å². The van der Waals surface area contributed by atoms with Gasteiger partial charge in [-0.2, -0.15) is 0 Å². The lowest BCUT2D eigenvalue weighted by molar-refractivity contribution is -0.118. The van der Waals surface area contributed by atoms with Crippen molar-refractivity contribution < 1.29 is 19.1 Å². The van der Waals surface area contributed by atoms with Crippen LogP contribution in [0.2, 0.25) is 4.34 Å². The molecule has 0 spiro atoms. The number of amides is 2. The van der Waals surface area contributed by atoms with Gasteiger partial charge in [-0.3, -0.25) is 9.59 Å². The summed E-state index contributed by atoms with van der Waals surface area (Å²) >= 11 is 7.37. The summed E-state index contributed by atoms with van der Waals surface area (Å²) in [5, 5.41) is 5.59. The maximum atomic E-state index is 12.2. The summed E-state index contributed by atoms with van der Waals surface area (Å²) in [7, 11) is 1.54. The minimum Gasteiger partial charge on any atom is -0.493 e. The molecule has 0 saturated carbocycles. The molecule has 0 saturated heterocycles. The molecule has 0 aliphatic heterocycles. The first-order valence-electron chi connectivity index (χ1n) is 9.23. The molecule has 6 nitrogen and oxygen atoms in total. The van der Waals surface area contributed by atoms with E-state index in [1.54, 1.807) is 42.5 Å². The fourth-order valence-corrected chi connectivity index (χ4v) is 3.79. The number of aryl methyl sites for hydroxylation is 1. The van der Waals surface area contributed by atoms with Crippen molar-refractivity contribution in [2.45, 2.75) is 12.8 Å². The number of hydrogen-bond donors (Lipinski definition) is 2. The van der Waals surface area contributed by atoms with Crippen LogP contribution in [0.25, 0.3) is 0 Å². The Labute approximate surface area is 183 Å². The molecular formula is C22H21ClN2O4S. The molecular weight excluding hydrogens is 424 g/mol. The Bertz CT molecular complexity index is 1020. The summed E-state index contributed by atoms with van der Waals surface area (Å²) < 4.78 is 11.4. The van der Waals surface area contributed by atoms with Crippen LogP contribution in [0, 0.1) is 0 Å². The molecule has 0 radical (unpaired) electrons. The predicted octanol–water partition coefficient (Wildman–Crippen LogP) is 5.00. The quantitative estimate of drug-likeness (QED) is 0.487. The van der Waals surface area contributed by atoms with Crippen LogP contribution >= 0.6 is 22.9 Å². The first kappa shape index (κ1) is 21.7. The molecule has 0 atom stereocenters. The van der Waals surface area contributed by atoms with E-state index in [0.717, 1.165) is 4.88 Å².